The Morgan fingerprint density at radius 2 is 1.78 bits per heavy atom. The molecule has 1 aliphatic rings. The van der Waals surface area contributed by atoms with Crippen LogP contribution in [0.15, 0.2) is 36.7 Å². The van der Waals surface area contributed by atoms with E-state index in [2.05, 4.69) is 15.6 Å². The lowest BCUT2D eigenvalue weighted by Gasteiger charge is -2.11. The fraction of sp³-hybridized carbons (Fsp3) is 0.278. The number of rotatable bonds is 4. The van der Waals surface area contributed by atoms with Crippen molar-refractivity contribution >= 4 is 17.5 Å². The van der Waals surface area contributed by atoms with Crippen molar-refractivity contribution in [1.82, 2.24) is 10.3 Å². The smallest absolute Gasteiger partial charge is 0.257 e. The summed E-state index contributed by atoms with van der Waals surface area (Å²) < 4.78 is 0. The molecule has 5 heteroatoms. The average molecular weight is 309 g/mol. The zero-order chi connectivity index (χ0) is 16.4. The highest BCUT2D eigenvalue weighted by Gasteiger charge is 2.24. The van der Waals surface area contributed by atoms with Crippen LogP contribution in [0, 0.1) is 13.8 Å². The van der Waals surface area contributed by atoms with E-state index < -0.39 is 0 Å². The van der Waals surface area contributed by atoms with Crippen LogP contribution >= 0.6 is 0 Å². The predicted octanol–water partition coefficient (Wildman–Crippen LogP) is 2.84. The third kappa shape index (κ3) is 3.56. The first-order valence-electron chi connectivity index (χ1n) is 7.68. The van der Waals surface area contributed by atoms with Gasteiger partial charge in [0.1, 0.15) is 0 Å². The number of carbonyl (C=O) groups is 2. The first kappa shape index (κ1) is 15.2. The molecule has 0 spiro atoms. The lowest BCUT2D eigenvalue weighted by Crippen LogP contribution is -2.26. The zero-order valence-corrected chi connectivity index (χ0v) is 13.2. The number of hydrogen-bond donors (Lipinski definition) is 2. The van der Waals surface area contributed by atoms with Gasteiger partial charge in [-0.25, -0.2) is 0 Å². The van der Waals surface area contributed by atoms with E-state index in [1.807, 2.05) is 32.0 Å². The van der Waals surface area contributed by atoms with Crippen LogP contribution in [0.3, 0.4) is 0 Å². The van der Waals surface area contributed by atoms with Gasteiger partial charge < -0.3 is 10.6 Å². The van der Waals surface area contributed by atoms with Gasteiger partial charge >= 0.3 is 0 Å². The number of benzene rings is 1. The summed E-state index contributed by atoms with van der Waals surface area (Å²) in [6.07, 6.45) is 4.98. The lowest BCUT2D eigenvalue weighted by atomic mass is 10.1. The van der Waals surface area contributed by atoms with E-state index in [1.54, 1.807) is 6.07 Å². The number of pyridine rings is 1. The molecule has 1 heterocycles. The number of carbonyl (C=O) groups excluding carboxylic acids is 2. The molecule has 1 fully saturated rings. The Bertz CT molecular complexity index is 767. The molecule has 2 amide bonds. The van der Waals surface area contributed by atoms with E-state index in [-0.39, 0.29) is 17.9 Å². The Balaban J connectivity index is 1.76. The maximum Gasteiger partial charge on any atom is 0.257 e. The Kier molecular flexibility index (Phi) is 4.10. The molecule has 1 aromatic heterocycles. The largest absolute Gasteiger partial charge is 0.349 e. The van der Waals surface area contributed by atoms with Crippen LogP contribution in [0.25, 0.3) is 0 Å². The van der Waals surface area contributed by atoms with E-state index in [0.717, 1.165) is 29.7 Å². The van der Waals surface area contributed by atoms with Gasteiger partial charge in [-0.15, -0.1) is 0 Å². The van der Waals surface area contributed by atoms with Crippen molar-refractivity contribution in [2.45, 2.75) is 32.7 Å². The van der Waals surface area contributed by atoms with Gasteiger partial charge in [0.15, 0.2) is 0 Å². The summed E-state index contributed by atoms with van der Waals surface area (Å²) in [5, 5.41) is 5.77. The summed E-state index contributed by atoms with van der Waals surface area (Å²) in [5.74, 6) is -0.450. The summed E-state index contributed by atoms with van der Waals surface area (Å²) in [4.78, 5) is 28.5. The molecule has 0 atom stereocenters. The van der Waals surface area contributed by atoms with E-state index >= 15 is 0 Å². The van der Waals surface area contributed by atoms with Gasteiger partial charge in [0, 0.05) is 24.1 Å². The van der Waals surface area contributed by atoms with E-state index in [1.165, 1.54) is 12.4 Å². The summed E-state index contributed by atoms with van der Waals surface area (Å²) in [6.45, 7) is 3.96. The average Bonchev–Trinajstić information content (AvgIpc) is 3.36. The van der Waals surface area contributed by atoms with Crippen LogP contribution in [-0.2, 0) is 0 Å². The highest BCUT2D eigenvalue weighted by Crippen LogP contribution is 2.20. The maximum absolute atomic E-state index is 12.4. The third-order valence-electron chi connectivity index (χ3n) is 4.03. The Labute approximate surface area is 135 Å². The molecule has 1 aromatic carbocycles. The SMILES string of the molecule is Cc1cccc(NC(=O)c2cncc(C(=O)NC3CC3)c2)c1C. The quantitative estimate of drug-likeness (QED) is 0.912. The van der Waals surface area contributed by atoms with Crippen molar-refractivity contribution in [2.75, 3.05) is 5.32 Å². The number of amides is 2. The summed E-state index contributed by atoms with van der Waals surface area (Å²) in [5.41, 5.74) is 3.68. The maximum atomic E-state index is 12.4. The number of aryl methyl sites for hydroxylation is 1. The van der Waals surface area contributed by atoms with Crippen LogP contribution in [-0.4, -0.2) is 22.8 Å². The second-order valence-corrected chi connectivity index (χ2v) is 5.91. The molecule has 0 unspecified atom stereocenters. The predicted molar refractivity (Wildman–Crippen MR) is 88.6 cm³/mol. The second-order valence-electron chi connectivity index (χ2n) is 5.91. The molecule has 0 saturated heterocycles. The normalized spacial score (nSPS) is 13.5. The van der Waals surface area contributed by atoms with E-state index in [9.17, 15) is 9.59 Å². The number of nitrogens with zero attached hydrogens (tertiary/aromatic N) is 1. The van der Waals surface area contributed by atoms with E-state index in [4.69, 9.17) is 0 Å². The van der Waals surface area contributed by atoms with Gasteiger partial charge in [-0.1, -0.05) is 12.1 Å². The Hall–Kier alpha value is -2.69. The first-order valence-corrected chi connectivity index (χ1v) is 7.68. The van der Waals surface area contributed by atoms with Gasteiger partial charge in [-0.05, 0) is 49.9 Å². The zero-order valence-electron chi connectivity index (χ0n) is 13.2. The van der Waals surface area contributed by atoms with Crippen molar-refractivity contribution < 1.29 is 9.59 Å². The summed E-state index contributed by atoms with van der Waals surface area (Å²) in [6, 6.07) is 7.60. The molecule has 23 heavy (non-hydrogen) atoms. The Morgan fingerprint density at radius 3 is 2.48 bits per heavy atom. The molecule has 2 aromatic rings. The minimum Gasteiger partial charge on any atom is -0.349 e. The van der Waals surface area contributed by atoms with Crippen LogP contribution in [0.5, 0.6) is 0 Å². The van der Waals surface area contributed by atoms with Gasteiger partial charge in [0.05, 0.1) is 11.1 Å². The van der Waals surface area contributed by atoms with Crippen LogP contribution in [0.4, 0.5) is 5.69 Å². The van der Waals surface area contributed by atoms with Crippen LogP contribution < -0.4 is 10.6 Å². The van der Waals surface area contributed by atoms with Gasteiger partial charge in [0.2, 0.25) is 0 Å². The molecule has 0 bridgehead atoms. The fourth-order valence-electron chi connectivity index (χ4n) is 2.27. The fourth-order valence-corrected chi connectivity index (χ4v) is 2.27. The summed E-state index contributed by atoms with van der Waals surface area (Å²) in [7, 11) is 0. The minimum absolute atomic E-state index is 0.179. The van der Waals surface area contributed by atoms with Crippen molar-refractivity contribution in [3.8, 4) is 0 Å². The molecule has 2 N–H and O–H groups in total. The monoisotopic (exact) mass is 309 g/mol. The molecule has 0 aliphatic heterocycles. The molecular formula is C18H19N3O2. The van der Waals surface area contributed by atoms with Gasteiger partial charge in [-0.2, -0.15) is 0 Å². The minimum atomic E-state index is -0.271. The standard InChI is InChI=1S/C18H19N3O2/c1-11-4-3-5-16(12(11)2)21-18(23)14-8-13(9-19-10-14)17(22)20-15-6-7-15/h3-5,8-10,15H,6-7H2,1-2H3,(H,20,22)(H,21,23). The van der Waals surface area contributed by atoms with Crippen molar-refractivity contribution in [3.05, 3.63) is 58.9 Å². The lowest BCUT2D eigenvalue weighted by molar-refractivity contribution is 0.0950. The number of anilines is 1. The van der Waals surface area contributed by atoms with Crippen LogP contribution in [0.2, 0.25) is 0 Å². The third-order valence-corrected chi connectivity index (χ3v) is 4.03. The van der Waals surface area contributed by atoms with Crippen molar-refractivity contribution in [3.63, 3.8) is 0 Å². The number of aromatic nitrogens is 1. The molecule has 3 rings (SSSR count). The molecule has 1 saturated carbocycles. The highest BCUT2D eigenvalue weighted by atomic mass is 16.2. The summed E-state index contributed by atoms with van der Waals surface area (Å²) >= 11 is 0. The molecule has 1 aliphatic carbocycles. The van der Waals surface area contributed by atoms with Crippen LogP contribution in [0.1, 0.15) is 44.7 Å². The highest BCUT2D eigenvalue weighted by molar-refractivity contribution is 6.06. The molecule has 118 valence electrons. The second kappa shape index (κ2) is 6.20. The molecule has 0 radical (unpaired) electrons. The topological polar surface area (TPSA) is 71.1 Å². The van der Waals surface area contributed by atoms with E-state index in [0.29, 0.717) is 11.1 Å². The van der Waals surface area contributed by atoms with Gasteiger partial charge in [0.25, 0.3) is 11.8 Å². The molecular weight excluding hydrogens is 290 g/mol. The Morgan fingerprint density at radius 1 is 1.09 bits per heavy atom. The number of nitrogens with one attached hydrogen (secondary N) is 2. The van der Waals surface area contributed by atoms with Gasteiger partial charge in [-0.3, -0.25) is 14.6 Å². The van der Waals surface area contributed by atoms with Crippen molar-refractivity contribution in [2.24, 2.45) is 0 Å². The number of hydrogen-bond acceptors (Lipinski definition) is 3. The first-order chi connectivity index (χ1) is 11.0. The van der Waals surface area contributed by atoms with Crippen molar-refractivity contribution in [1.29, 1.82) is 0 Å². The molecule has 5 nitrogen and oxygen atoms in total.